The maximum atomic E-state index is 14.5. The highest BCUT2D eigenvalue weighted by molar-refractivity contribution is 5.88. The van der Waals surface area contributed by atoms with E-state index >= 15 is 0 Å². The van der Waals surface area contributed by atoms with Crippen molar-refractivity contribution in [3.63, 3.8) is 0 Å². The van der Waals surface area contributed by atoms with Crippen molar-refractivity contribution < 1.29 is 23.4 Å². The van der Waals surface area contributed by atoms with Crippen LogP contribution in [0.5, 0.6) is 5.75 Å². The second kappa shape index (κ2) is 9.47. The standard InChI is InChI=1S/C29H25F2NO3/c1-17(21-11-6-8-18-7-2-3-9-22(18)21)32-16-20-15-24(23-10-4-5-12-27(23)35-20)19-13-25(30)28(29(33)34)26(31)14-19/h2-14,17,20,24,32H,15-16H2,1H3,(H,33,34)/t17?,20-,24+/m1/s1. The van der Waals surface area contributed by atoms with Crippen molar-refractivity contribution in [1.29, 1.82) is 0 Å². The molecule has 0 fully saturated rings. The Morgan fingerprint density at radius 3 is 2.49 bits per heavy atom. The second-order valence-electron chi connectivity index (χ2n) is 8.93. The van der Waals surface area contributed by atoms with Gasteiger partial charge in [0.2, 0.25) is 0 Å². The number of benzene rings is 4. The predicted molar refractivity (Wildman–Crippen MR) is 131 cm³/mol. The molecule has 5 rings (SSSR count). The zero-order valence-corrected chi connectivity index (χ0v) is 19.2. The van der Waals surface area contributed by atoms with Gasteiger partial charge >= 0.3 is 5.97 Å². The summed E-state index contributed by atoms with van der Waals surface area (Å²) < 4.78 is 35.2. The fourth-order valence-corrected chi connectivity index (χ4v) is 4.98. The number of aromatic carboxylic acids is 1. The monoisotopic (exact) mass is 473 g/mol. The van der Waals surface area contributed by atoms with Crippen molar-refractivity contribution in [3.05, 3.63) is 113 Å². The van der Waals surface area contributed by atoms with Crippen LogP contribution >= 0.6 is 0 Å². The lowest BCUT2D eigenvalue weighted by atomic mass is 9.83. The molecule has 0 spiro atoms. The van der Waals surface area contributed by atoms with Crippen LogP contribution in [0.4, 0.5) is 8.78 Å². The molecule has 178 valence electrons. The van der Waals surface area contributed by atoms with E-state index in [9.17, 15) is 13.6 Å². The summed E-state index contributed by atoms with van der Waals surface area (Å²) in [4.78, 5) is 11.2. The number of nitrogens with one attached hydrogen (secondary N) is 1. The van der Waals surface area contributed by atoms with Crippen molar-refractivity contribution in [2.75, 3.05) is 6.54 Å². The number of carboxylic acids is 1. The topological polar surface area (TPSA) is 58.6 Å². The molecule has 1 aliphatic rings. The van der Waals surface area contributed by atoms with Crippen LogP contribution in [-0.4, -0.2) is 23.7 Å². The van der Waals surface area contributed by atoms with E-state index in [4.69, 9.17) is 9.84 Å². The second-order valence-corrected chi connectivity index (χ2v) is 8.93. The molecule has 1 aliphatic heterocycles. The van der Waals surface area contributed by atoms with Gasteiger partial charge in [0.05, 0.1) is 0 Å². The molecular formula is C29H25F2NO3. The van der Waals surface area contributed by atoms with E-state index in [1.54, 1.807) is 0 Å². The highest BCUT2D eigenvalue weighted by Crippen LogP contribution is 2.41. The SMILES string of the molecule is CC(NC[C@H]1C[C@@H](c2cc(F)c(C(=O)O)c(F)c2)c2ccccc2O1)c1cccc2ccccc12. The van der Waals surface area contributed by atoms with E-state index in [2.05, 4.69) is 36.5 Å². The molecule has 4 nitrogen and oxygen atoms in total. The van der Waals surface area contributed by atoms with E-state index in [-0.39, 0.29) is 18.1 Å². The van der Waals surface area contributed by atoms with E-state index in [1.807, 2.05) is 42.5 Å². The van der Waals surface area contributed by atoms with Crippen LogP contribution in [0, 0.1) is 11.6 Å². The van der Waals surface area contributed by atoms with Crippen molar-refractivity contribution in [1.82, 2.24) is 5.32 Å². The Labute approximate surface area is 202 Å². The fourth-order valence-electron chi connectivity index (χ4n) is 4.98. The molecule has 2 N–H and O–H groups in total. The molecule has 35 heavy (non-hydrogen) atoms. The van der Waals surface area contributed by atoms with Crippen LogP contribution in [0.1, 0.15) is 52.4 Å². The Morgan fingerprint density at radius 2 is 1.71 bits per heavy atom. The van der Waals surface area contributed by atoms with Gasteiger partial charge in [-0.05, 0) is 53.4 Å². The minimum Gasteiger partial charge on any atom is -0.489 e. The van der Waals surface area contributed by atoms with Gasteiger partial charge in [0.25, 0.3) is 0 Å². The lowest BCUT2D eigenvalue weighted by Crippen LogP contribution is -2.37. The number of fused-ring (bicyclic) bond motifs is 2. The minimum atomic E-state index is -1.62. The number of para-hydroxylation sites is 1. The van der Waals surface area contributed by atoms with Crippen molar-refractivity contribution in [2.24, 2.45) is 0 Å². The van der Waals surface area contributed by atoms with Crippen LogP contribution in [0.15, 0.2) is 78.9 Å². The van der Waals surface area contributed by atoms with E-state index in [0.717, 1.165) is 17.7 Å². The summed E-state index contributed by atoms with van der Waals surface area (Å²) in [5.74, 6) is -3.43. The molecule has 6 heteroatoms. The van der Waals surface area contributed by atoms with E-state index in [1.165, 1.54) is 16.3 Å². The molecule has 0 saturated carbocycles. The summed E-state index contributed by atoms with van der Waals surface area (Å²) in [6.45, 7) is 2.64. The molecule has 4 aromatic rings. The largest absolute Gasteiger partial charge is 0.489 e. The van der Waals surface area contributed by atoms with Crippen LogP contribution in [0.3, 0.4) is 0 Å². The first-order chi connectivity index (χ1) is 16.9. The van der Waals surface area contributed by atoms with Crippen LogP contribution in [0.25, 0.3) is 10.8 Å². The molecule has 0 bridgehead atoms. The number of hydrogen-bond acceptors (Lipinski definition) is 3. The van der Waals surface area contributed by atoms with Gasteiger partial charge in [0.1, 0.15) is 29.1 Å². The number of carboxylic acid groups (broad SMARTS) is 1. The Balaban J connectivity index is 1.40. The summed E-state index contributed by atoms with van der Waals surface area (Å²) >= 11 is 0. The van der Waals surface area contributed by atoms with Gasteiger partial charge in [-0.2, -0.15) is 0 Å². The molecule has 3 atom stereocenters. The summed E-state index contributed by atoms with van der Waals surface area (Å²) in [7, 11) is 0. The summed E-state index contributed by atoms with van der Waals surface area (Å²) in [5, 5.41) is 15.0. The zero-order valence-electron chi connectivity index (χ0n) is 19.2. The maximum Gasteiger partial charge on any atom is 0.341 e. The van der Waals surface area contributed by atoms with Gasteiger partial charge in [-0.3, -0.25) is 0 Å². The summed E-state index contributed by atoms with van der Waals surface area (Å²) in [6, 6.07) is 24.2. The van der Waals surface area contributed by atoms with Crippen LogP contribution in [0.2, 0.25) is 0 Å². The molecule has 0 saturated heterocycles. The van der Waals surface area contributed by atoms with Crippen molar-refractivity contribution >= 4 is 16.7 Å². The number of carbonyl (C=O) groups is 1. The average Bonchev–Trinajstić information content (AvgIpc) is 2.85. The summed E-state index contributed by atoms with van der Waals surface area (Å²) in [5.41, 5.74) is 1.47. The van der Waals surface area contributed by atoms with Crippen molar-refractivity contribution in [2.45, 2.75) is 31.4 Å². The first-order valence-corrected chi connectivity index (χ1v) is 11.6. The van der Waals surface area contributed by atoms with Gasteiger partial charge in [0.15, 0.2) is 0 Å². The Kier molecular flexibility index (Phi) is 6.22. The Bertz CT molecular complexity index is 1380. The number of hydrogen-bond donors (Lipinski definition) is 2. The Hall–Kier alpha value is -3.77. The molecule has 0 aromatic heterocycles. The number of halogens is 2. The third kappa shape index (κ3) is 4.49. The van der Waals surface area contributed by atoms with Crippen molar-refractivity contribution in [3.8, 4) is 5.75 Å². The quantitative estimate of drug-likeness (QED) is 0.338. The molecule has 0 amide bonds. The molecule has 1 heterocycles. The Morgan fingerprint density at radius 1 is 1.03 bits per heavy atom. The molecule has 1 unspecified atom stereocenters. The number of rotatable bonds is 6. The summed E-state index contributed by atoms with van der Waals surface area (Å²) in [6.07, 6.45) is 0.259. The highest BCUT2D eigenvalue weighted by atomic mass is 19.1. The first kappa shape index (κ1) is 23.0. The lowest BCUT2D eigenvalue weighted by molar-refractivity contribution is 0.0686. The molecular weight excluding hydrogens is 448 g/mol. The van der Waals surface area contributed by atoms with E-state index < -0.39 is 23.2 Å². The predicted octanol–water partition coefficient (Wildman–Crippen LogP) is 6.45. The molecule has 4 aromatic carbocycles. The molecule has 0 radical (unpaired) electrons. The van der Waals surface area contributed by atoms with Gasteiger partial charge in [-0.15, -0.1) is 0 Å². The third-order valence-electron chi connectivity index (χ3n) is 6.71. The van der Waals surface area contributed by atoms with Gasteiger partial charge < -0.3 is 15.2 Å². The number of ether oxygens (including phenoxy) is 1. The fraction of sp³-hybridized carbons (Fsp3) is 0.207. The highest BCUT2D eigenvalue weighted by Gasteiger charge is 2.31. The zero-order chi connectivity index (χ0) is 24.5. The maximum absolute atomic E-state index is 14.5. The van der Waals surface area contributed by atoms with Gasteiger partial charge in [0, 0.05) is 24.1 Å². The third-order valence-corrected chi connectivity index (χ3v) is 6.71. The van der Waals surface area contributed by atoms with E-state index in [0.29, 0.717) is 24.3 Å². The van der Waals surface area contributed by atoms with Crippen LogP contribution < -0.4 is 10.1 Å². The van der Waals surface area contributed by atoms with Crippen LogP contribution in [-0.2, 0) is 0 Å². The molecule has 0 aliphatic carbocycles. The first-order valence-electron chi connectivity index (χ1n) is 11.6. The average molecular weight is 474 g/mol. The van der Waals surface area contributed by atoms with Gasteiger partial charge in [-0.25, -0.2) is 13.6 Å². The minimum absolute atomic E-state index is 0.0602. The lowest BCUT2D eigenvalue weighted by Gasteiger charge is -2.33. The smallest absolute Gasteiger partial charge is 0.341 e. The normalized spacial score (nSPS) is 18.0. The van der Waals surface area contributed by atoms with Gasteiger partial charge in [-0.1, -0.05) is 60.7 Å².